The largest absolute Gasteiger partial charge is 0.330 e. The highest BCUT2D eigenvalue weighted by atomic mass is 19.1. The molecule has 1 unspecified atom stereocenters. The maximum atomic E-state index is 13.9. The van der Waals surface area contributed by atoms with Crippen molar-refractivity contribution in [2.24, 2.45) is 22.2 Å². The minimum Gasteiger partial charge on any atom is -0.330 e. The summed E-state index contributed by atoms with van der Waals surface area (Å²) in [5, 5.41) is 5.31. The van der Waals surface area contributed by atoms with Crippen molar-refractivity contribution in [1.82, 2.24) is 0 Å². The van der Waals surface area contributed by atoms with Crippen LogP contribution in [0.3, 0.4) is 0 Å². The van der Waals surface area contributed by atoms with Crippen LogP contribution in [0.1, 0.15) is 27.2 Å². The number of amides is 1. The van der Waals surface area contributed by atoms with Gasteiger partial charge in [0.2, 0.25) is 0 Å². The van der Waals surface area contributed by atoms with E-state index in [1.54, 1.807) is 0 Å². The molecule has 2 rings (SSSR count). The Morgan fingerprint density at radius 1 is 1.33 bits per heavy atom. The van der Waals surface area contributed by atoms with E-state index in [1.165, 1.54) is 6.07 Å². The lowest BCUT2D eigenvalue weighted by molar-refractivity contribution is -0.120. The molecule has 0 fully saturated rings. The first-order chi connectivity index (χ1) is 9.75. The molecule has 1 aromatic rings. The molecule has 1 aromatic carbocycles. The fourth-order valence-corrected chi connectivity index (χ4v) is 2.42. The SMILES string of the molecule is CC(C)(C)C1=NN(c2ccc(F)cc2F)C(=O)C1CCN. The predicted octanol–water partition coefficient (Wildman–Crippen LogP) is 2.68. The third kappa shape index (κ3) is 2.95. The summed E-state index contributed by atoms with van der Waals surface area (Å²) in [7, 11) is 0. The smallest absolute Gasteiger partial charge is 0.256 e. The first-order valence-corrected chi connectivity index (χ1v) is 6.83. The first kappa shape index (κ1) is 15.6. The number of hydrazone groups is 1. The maximum absolute atomic E-state index is 13.9. The number of carbonyl (C=O) groups is 1. The van der Waals surface area contributed by atoms with Crippen LogP contribution in [0.15, 0.2) is 23.3 Å². The van der Waals surface area contributed by atoms with E-state index < -0.39 is 17.6 Å². The molecule has 1 aliphatic heterocycles. The zero-order valence-corrected chi connectivity index (χ0v) is 12.4. The molecular formula is C15H19F2N3O. The summed E-state index contributed by atoms with van der Waals surface area (Å²) in [6, 6.07) is 3.07. The molecule has 4 nitrogen and oxygen atoms in total. The number of hydrogen-bond donors (Lipinski definition) is 1. The molecule has 0 aromatic heterocycles. The van der Waals surface area contributed by atoms with Crippen molar-refractivity contribution in [3.63, 3.8) is 0 Å². The number of hydrogen-bond acceptors (Lipinski definition) is 3. The highest BCUT2D eigenvalue weighted by Gasteiger charge is 2.41. The Bertz CT molecular complexity index is 593. The van der Waals surface area contributed by atoms with E-state index in [-0.39, 0.29) is 17.0 Å². The molecule has 114 valence electrons. The van der Waals surface area contributed by atoms with Gasteiger partial charge in [-0.05, 0) is 25.1 Å². The number of anilines is 1. The van der Waals surface area contributed by atoms with Crippen LogP contribution in [-0.4, -0.2) is 18.2 Å². The lowest BCUT2D eigenvalue weighted by Crippen LogP contribution is -2.33. The molecular weight excluding hydrogens is 276 g/mol. The number of carbonyl (C=O) groups excluding carboxylic acids is 1. The second-order valence-corrected chi connectivity index (χ2v) is 6.11. The number of nitrogens with two attached hydrogens (primary N) is 1. The van der Waals surface area contributed by atoms with Crippen molar-refractivity contribution in [2.75, 3.05) is 11.6 Å². The van der Waals surface area contributed by atoms with Crippen LogP contribution < -0.4 is 10.7 Å². The standard InChI is InChI=1S/C15H19F2N3O/c1-15(2,3)13-10(6-7-18)14(21)20(19-13)12-5-4-9(16)8-11(12)17/h4-5,8,10H,6-7,18H2,1-3H3. The van der Waals surface area contributed by atoms with Crippen molar-refractivity contribution in [3.05, 3.63) is 29.8 Å². The molecule has 21 heavy (non-hydrogen) atoms. The van der Waals surface area contributed by atoms with Crippen LogP contribution in [0.25, 0.3) is 0 Å². The van der Waals surface area contributed by atoms with Gasteiger partial charge in [-0.1, -0.05) is 20.8 Å². The zero-order chi connectivity index (χ0) is 15.8. The highest BCUT2D eigenvalue weighted by Crippen LogP contribution is 2.34. The molecule has 0 aliphatic carbocycles. The summed E-state index contributed by atoms with van der Waals surface area (Å²) in [6.07, 6.45) is 0.453. The quantitative estimate of drug-likeness (QED) is 0.932. The average molecular weight is 295 g/mol. The molecule has 1 aliphatic rings. The summed E-state index contributed by atoms with van der Waals surface area (Å²) >= 11 is 0. The lowest BCUT2D eigenvalue weighted by atomic mass is 9.81. The van der Waals surface area contributed by atoms with Crippen LogP contribution in [0, 0.1) is 23.0 Å². The van der Waals surface area contributed by atoms with E-state index in [0.29, 0.717) is 18.7 Å². The topological polar surface area (TPSA) is 58.7 Å². The number of rotatable bonds is 3. The number of nitrogens with zero attached hydrogens (tertiary/aromatic N) is 2. The Labute approximate surface area is 122 Å². The van der Waals surface area contributed by atoms with Gasteiger partial charge >= 0.3 is 0 Å². The van der Waals surface area contributed by atoms with Crippen LogP contribution >= 0.6 is 0 Å². The summed E-state index contributed by atoms with van der Waals surface area (Å²) in [4.78, 5) is 12.5. The van der Waals surface area contributed by atoms with Gasteiger partial charge in [0.05, 0.1) is 11.6 Å². The Hall–Kier alpha value is -1.82. The van der Waals surface area contributed by atoms with Gasteiger partial charge < -0.3 is 5.73 Å². The van der Waals surface area contributed by atoms with E-state index >= 15 is 0 Å². The van der Waals surface area contributed by atoms with E-state index in [1.807, 2.05) is 20.8 Å². The van der Waals surface area contributed by atoms with Gasteiger partial charge in [0.1, 0.15) is 11.5 Å². The lowest BCUT2D eigenvalue weighted by Gasteiger charge is -2.21. The van der Waals surface area contributed by atoms with Gasteiger partial charge in [0, 0.05) is 11.5 Å². The van der Waals surface area contributed by atoms with Crippen LogP contribution in [0.5, 0.6) is 0 Å². The second kappa shape index (κ2) is 5.52. The third-order valence-electron chi connectivity index (χ3n) is 3.41. The molecule has 2 N–H and O–H groups in total. The highest BCUT2D eigenvalue weighted by molar-refractivity contribution is 6.17. The summed E-state index contributed by atoms with van der Waals surface area (Å²) < 4.78 is 26.9. The summed E-state index contributed by atoms with van der Waals surface area (Å²) in [6.45, 7) is 6.15. The van der Waals surface area contributed by atoms with Crippen molar-refractivity contribution in [3.8, 4) is 0 Å². The zero-order valence-electron chi connectivity index (χ0n) is 12.4. The van der Waals surface area contributed by atoms with Crippen molar-refractivity contribution >= 4 is 17.3 Å². The molecule has 0 spiro atoms. The van der Waals surface area contributed by atoms with Crippen LogP contribution in [-0.2, 0) is 4.79 Å². The third-order valence-corrected chi connectivity index (χ3v) is 3.41. The monoisotopic (exact) mass is 295 g/mol. The molecule has 6 heteroatoms. The van der Waals surface area contributed by atoms with E-state index in [2.05, 4.69) is 5.10 Å². The average Bonchev–Trinajstić information content (AvgIpc) is 2.68. The Morgan fingerprint density at radius 3 is 2.52 bits per heavy atom. The van der Waals surface area contributed by atoms with Crippen molar-refractivity contribution in [1.29, 1.82) is 0 Å². The van der Waals surface area contributed by atoms with Gasteiger partial charge in [-0.25, -0.2) is 8.78 Å². The molecule has 0 saturated carbocycles. The van der Waals surface area contributed by atoms with Gasteiger partial charge in [-0.2, -0.15) is 10.1 Å². The molecule has 1 heterocycles. The summed E-state index contributed by atoms with van der Waals surface area (Å²) in [5.74, 6) is -2.29. The Kier molecular flexibility index (Phi) is 4.09. The van der Waals surface area contributed by atoms with Crippen LogP contribution in [0.4, 0.5) is 14.5 Å². The molecule has 0 radical (unpaired) electrons. The van der Waals surface area contributed by atoms with Crippen molar-refractivity contribution < 1.29 is 13.6 Å². The van der Waals surface area contributed by atoms with Gasteiger partial charge in [-0.3, -0.25) is 4.79 Å². The Balaban J connectivity index is 2.45. The number of benzene rings is 1. The fraction of sp³-hybridized carbons (Fsp3) is 0.467. The van der Waals surface area contributed by atoms with Crippen LogP contribution in [0.2, 0.25) is 0 Å². The van der Waals surface area contributed by atoms with Crippen molar-refractivity contribution in [2.45, 2.75) is 27.2 Å². The summed E-state index contributed by atoms with van der Waals surface area (Å²) in [5.41, 5.74) is 5.86. The Morgan fingerprint density at radius 2 is 2.00 bits per heavy atom. The van der Waals surface area contributed by atoms with Gasteiger partial charge in [0.25, 0.3) is 5.91 Å². The van der Waals surface area contributed by atoms with E-state index in [9.17, 15) is 13.6 Å². The molecule has 0 bridgehead atoms. The molecule has 0 saturated heterocycles. The first-order valence-electron chi connectivity index (χ1n) is 6.83. The van der Waals surface area contributed by atoms with Gasteiger partial charge in [-0.15, -0.1) is 0 Å². The number of halogens is 2. The minimum absolute atomic E-state index is 0.0392. The van der Waals surface area contributed by atoms with Gasteiger partial charge in [0.15, 0.2) is 5.82 Å². The van der Waals surface area contributed by atoms with E-state index in [4.69, 9.17) is 5.73 Å². The minimum atomic E-state index is -0.811. The fourth-order valence-electron chi connectivity index (χ4n) is 2.42. The van der Waals surface area contributed by atoms with E-state index in [0.717, 1.165) is 17.1 Å². The molecule has 1 amide bonds. The maximum Gasteiger partial charge on any atom is 0.256 e. The predicted molar refractivity (Wildman–Crippen MR) is 77.9 cm³/mol. The molecule has 1 atom stereocenters. The normalized spacial score (nSPS) is 19.1. The second-order valence-electron chi connectivity index (χ2n) is 6.11.